The Kier molecular flexibility index (Phi) is 6.87. The number of hydrogen-bond acceptors (Lipinski definition) is 6. The van der Waals surface area contributed by atoms with Crippen molar-refractivity contribution in [3.05, 3.63) is 65.8 Å². The van der Waals surface area contributed by atoms with E-state index in [2.05, 4.69) is 29.4 Å². The van der Waals surface area contributed by atoms with Gasteiger partial charge in [0.05, 0.1) is 5.75 Å². The van der Waals surface area contributed by atoms with Crippen molar-refractivity contribution in [1.82, 2.24) is 10.2 Å². The molecule has 0 radical (unpaired) electrons. The van der Waals surface area contributed by atoms with Crippen LogP contribution in [0.2, 0.25) is 0 Å². The van der Waals surface area contributed by atoms with Gasteiger partial charge in [0.2, 0.25) is 5.91 Å². The molecule has 3 rings (SSSR count). The third-order valence-electron chi connectivity index (χ3n) is 4.10. The van der Waals surface area contributed by atoms with Crippen molar-refractivity contribution < 1.29 is 18.3 Å². The molecule has 0 saturated carbocycles. The molecule has 0 spiro atoms. The number of nitrogens with one attached hydrogen (secondary N) is 1. The molecule has 0 bridgehead atoms. The zero-order valence-electron chi connectivity index (χ0n) is 16.4. The number of benzene rings is 2. The molecule has 0 unspecified atom stereocenters. The minimum absolute atomic E-state index is 0.107. The number of rotatable bonds is 8. The largest absolute Gasteiger partial charge is 0.478 e. The predicted molar refractivity (Wildman–Crippen MR) is 110 cm³/mol. The van der Waals surface area contributed by atoms with Crippen molar-refractivity contribution in [2.24, 2.45) is 0 Å². The molecule has 0 saturated heterocycles. The van der Waals surface area contributed by atoms with Gasteiger partial charge in [-0.3, -0.25) is 4.79 Å². The number of carbonyl (C=O) groups excluding carboxylic acids is 1. The summed E-state index contributed by atoms with van der Waals surface area (Å²) in [4.78, 5) is 12.1. The first kappa shape index (κ1) is 20.9. The molecule has 8 heteroatoms. The van der Waals surface area contributed by atoms with Gasteiger partial charge in [0.1, 0.15) is 0 Å². The number of carbonyl (C=O) groups is 1. The standard InChI is InChI=1S/C21H22FN3O3S/c1-13(2)15-8-10-16(11-9-15)23-19(26)12-29-21-25-24-20(28-21)14(3)27-18-7-5-4-6-17(18)22/h4-11,13-14H,12H2,1-3H3,(H,23,26)/t14-/m0/s1. The molecule has 0 aliphatic rings. The van der Waals surface area contributed by atoms with Crippen molar-refractivity contribution in [2.45, 2.75) is 38.0 Å². The van der Waals surface area contributed by atoms with E-state index in [1.165, 1.54) is 17.7 Å². The number of ether oxygens (including phenoxy) is 1. The lowest BCUT2D eigenvalue weighted by Crippen LogP contribution is -2.14. The maximum atomic E-state index is 13.7. The van der Waals surface area contributed by atoms with Crippen LogP contribution in [0.3, 0.4) is 0 Å². The first-order chi connectivity index (χ1) is 13.9. The molecule has 0 fully saturated rings. The zero-order chi connectivity index (χ0) is 20.8. The predicted octanol–water partition coefficient (Wildman–Crippen LogP) is 5.20. The topological polar surface area (TPSA) is 77.2 Å². The molecule has 2 aromatic carbocycles. The highest BCUT2D eigenvalue weighted by Crippen LogP contribution is 2.25. The van der Waals surface area contributed by atoms with Crippen LogP contribution in [0.25, 0.3) is 0 Å². The third-order valence-corrected chi connectivity index (χ3v) is 4.92. The Hall–Kier alpha value is -2.87. The van der Waals surface area contributed by atoms with Gasteiger partial charge in [-0.05, 0) is 42.7 Å². The Balaban J connectivity index is 1.50. The number of thioether (sulfide) groups is 1. The molecule has 1 N–H and O–H groups in total. The Morgan fingerprint density at radius 3 is 2.55 bits per heavy atom. The van der Waals surface area contributed by atoms with E-state index in [-0.39, 0.29) is 28.5 Å². The number of amides is 1. The summed E-state index contributed by atoms with van der Waals surface area (Å²) in [5.41, 5.74) is 1.95. The van der Waals surface area contributed by atoms with Gasteiger partial charge >= 0.3 is 0 Å². The zero-order valence-corrected chi connectivity index (χ0v) is 17.2. The van der Waals surface area contributed by atoms with E-state index in [1.807, 2.05) is 24.3 Å². The normalized spacial score (nSPS) is 12.0. The first-order valence-corrected chi connectivity index (χ1v) is 10.2. The molecular weight excluding hydrogens is 393 g/mol. The molecule has 152 valence electrons. The van der Waals surface area contributed by atoms with E-state index >= 15 is 0 Å². The second-order valence-corrected chi connectivity index (χ2v) is 7.64. The van der Waals surface area contributed by atoms with Crippen LogP contribution < -0.4 is 10.1 Å². The van der Waals surface area contributed by atoms with Gasteiger partial charge in [0, 0.05) is 5.69 Å². The monoisotopic (exact) mass is 415 g/mol. The molecular formula is C21H22FN3O3S. The van der Waals surface area contributed by atoms with Crippen LogP contribution in [0.4, 0.5) is 10.1 Å². The van der Waals surface area contributed by atoms with Crippen LogP contribution >= 0.6 is 11.8 Å². The van der Waals surface area contributed by atoms with Crippen molar-refractivity contribution in [1.29, 1.82) is 0 Å². The fourth-order valence-electron chi connectivity index (χ4n) is 2.50. The van der Waals surface area contributed by atoms with Crippen LogP contribution in [-0.4, -0.2) is 21.9 Å². The minimum atomic E-state index is -0.623. The second-order valence-electron chi connectivity index (χ2n) is 6.71. The lowest BCUT2D eigenvalue weighted by molar-refractivity contribution is -0.113. The summed E-state index contributed by atoms with van der Waals surface area (Å²) in [7, 11) is 0. The lowest BCUT2D eigenvalue weighted by Gasteiger charge is -2.11. The van der Waals surface area contributed by atoms with Crippen LogP contribution in [-0.2, 0) is 4.79 Å². The Morgan fingerprint density at radius 2 is 1.86 bits per heavy atom. The van der Waals surface area contributed by atoms with E-state index < -0.39 is 11.9 Å². The Morgan fingerprint density at radius 1 is 1.14 bits per heavy atom. The molecule has 0 aliphatic heterocycles. The summed E-state index contributed by atoms with van der Waals surface area (Å²) in [6.45, 7) is 5.91. The smallest absolute Gasteiger partial charge is 0.277 e. The maximum Gasteiger partial charge on any atom is 0.277 e. The minimum Gasteiger partial charge on any atom is -0.478 e. The highest BCUT2D eigenvalue weighted by Gasteiger charge is 2.18. The first-order valence-electron chi connectivity index (χ1n) is 9.19. The van der Waals surface area contributed by atoms with E-state index in [0.717, 1.165) is 17.4 Å². The molecule has 3 aromatic rings. The summed E-state index contributed by atoms with van der Waals surface area (Å²) in [6, 6.07) is 13.8. The van der Waals surface area contributed by atoms with Crippen LogP contribution in [0.15, 0.2) is 58.2 Å². The molecule has 6 nitrogen and oxygen atoms in total. The fraction of sp³-hybridized carbons (Fsp3) is 0.286. The van der Waals surface area contributed by atoms with Gasteiger partial charge < -0.3 is 14.5 Å². The lowest BCUT2D eigenvalue weighted by atomic mass is 10.0. The number of aromatic nitrogens is 2. The number of halogens is 1. The third kappa shape index (κ3) is 5.80. The fourth-order valence-corrected chi connectivity index (χ4v) is 3.07. The van der Waals surface area contributed by atoms with E-state index in [0.29, 0.717) is 5.92 Å². The molecule has 1 amide bonds. The van der Waals surface area contributed by atoms with Crippen LogP contribution in [0.1, 0.15) is 44.2 Å². The van der Waals surface area contributed by atoms with Gasteiger partial charge in [-0.1, -0.05) is 49.9 Å². The van der Waals surface area contributed by atoms with E-state index in [4.69, 9.17) is 9.15 Å². The van der Waals surface area contributed by atoms with Crippen LogP contribution in [0, 0.1) is 5.82 Å². The van der Waals surface area contributed by atoms with Crippen molar-refractivity contribution in [3.8, 4) is 5.75 Å². The van der Waals surface area contributed by atoms with Gasteiger partial charge in [0.25, 0.3) is 11.1 Å². The SMILES string of the molecule is CC(C)c1ccc(NC(=O)CSc2nnc([C@H](C)Oc3ccccc3F)o2)cc1. The number of para-hydroxylation sites is 1. The number of anilines is 1. The molecule has 1 atom stereocenters. The molecule has 1 aromatic heterocycles. The van der Waals surface area contributed by atoms with Crippen molar-refractivity contribution >= 4 is 23.4 Å². The number of nitrogens with zero attached hydrogens (tertiary/aromatic N) is 2. The van der Waals surface area contributed by atoms with Gasteiger partial charge in [-0.2, -0.15) is 0 Å². The molecule has 29 heavy (non-hydrogen) atoms. The number of hydrogen-bond donors (Lipinski definition) is 1. The van der Waals surface area contributed by atoms with E-state index in [9.17, 15) is 9.18 Å². The summed E-state index contributed by atoms with van der Waals surface area (Å²) in [5.74, 6) is 0.229. The highest BCUT2D eigenvalue weighted by molar-refractivity contribution is 7.99. The maximum absolute atomic E-state index is 13.7. The van der Waals surface area contributed by atoms with Gasteiger partial charge in [-0.15, -0.1) is 10.2 Å². The Labute approximate surface area is 172 Å². The summed E-state index contributed by atoms with van der Waals surface area (Å²) in [5, 5.41) is 10.9. The summed E-state index contributed by atoms with van der Waals surface area (Å²) >= 11 is 1.12. The van der Waals surface area contributed by atoms with Gasteiger partial charge in [0.15, 0.2) is 17.7 Å². The van der Waals surface area contributed by atoms with Gasteiger partial charge in [-0.25, -0.2) is 4.39 Å². The average Bonchev–Trinajstić information content (AvgIpc) is 3.18. The van der Waals surface area contributed by atoms with Crippen molar-refractivity contribution in [2.75, 3.05) is 11.1 Å². The second kappa shape index (κ2) is 9.56. The molecule has 0 aliphatic carbocycles. The summed E-state index contributed by atoms with van der Waals surface area (Å²) < 4.78 is 24.7. The Bertz CT molecular complexity index is 960. The average molecular weight is 415 g/mol. The highest BCUT2D eigenvalue weighted by atomic mass is 32.2. The van der Waals surface area contributed by atoms with Crippen molar-refractivity contribution in [3.63, 3.8) is 0 Å². The van der Waals surface area contributed by atoms with Crippen LogP contribution in [0.5, 0.6) is 5.75 Å². The van der Waals surface area contributed by atoms with E-state index in [1.54, 1.807) is 19.1 Å². The molecule has 1 heterocycles. The summed E-state index contributed by atoms with van der Waals surface area (Å²) in [6.07, 6.45) is -0.623. The quantitative estimate of drug-likeness (QED) is 0.509.